The van der Waals surface area contributed by atoms with Crippen molar-refractivity contribution in [1.29, 1.82) is 0 Å². The topological polar surface area (TPSA) is 46.5 Å². The zero-order valence-corrected chi connectivity index (χ0v) is 26.5. The Bertz CT molecular complexity index is 1060. The van der Waals surface area contributed by atoms with Gasteiger partial charge in [-0.05, 0) is 110 Å². The molecule has 0 spiro atoms. The van der Waals surface area contributed by atoms with Gasteiger partial charge in [0.1, 0.15) is 11.9 Å². The number of ether oxygens (including phenoxy) is 1. The second-order valence-electron chi connectivity index (χ2n) is 13.5. The summed E-state index contributed by atoms with van der Waals surface area (Å²) in [5, 5.41) is 10.2. The van der Waals surface area contributed by atoms with Gasteiger partial charge in [-0.15, -0.1) is 0 Å². The molecule has 9 heteroatoms. The molecule has 3 aliphatic carbocycles. The number of hydrogen-bond acceptors (Lipinski definition) is 4. The third-order valence-corrected chi connectivity index (χ3v) is 11.8. The van der Waals surface area contributed by atoms with Crippen molar-refractivity contribution in [3.8, 4) is 5.75 Å². The van der Waals surface area contributed by atoms with Gasteiger partial charge in [-0.2, -0.15) is 33.7 Å². The molecule has 0 radical (unpaired) electrons. The zero-order chi connectivity index (χ0) is 31.3. The summed E-state index contributed by atoms with van der Waals surface area (Å²) in [6, 6.07) is 5.95. The van der Waals surface area contributed by atoms with Gasteiger partial charge in [0.05, 0.1) is 0 Å². The maximum Gasteiger partial charge on any atom is 0.453 e. The molecule has 0 amide bonds. The molecule has 1 N–H and O–H groups in total. The minimum absolute atomic E-state index is 0.00958. The van der Waals surface area contributed by atoms with Gasteiger partial charge in [0.25, 0.3) is 0 Å². The molecular formula is C34H49F5O3S. The molecule has 3 nitrogen and oxygen atoms in total. The monoisotopic (exact) mass is 632 g/mol. The first-order valence-electron chi connectivity index (χ1n) is 16.3. The van der Waals surface area contributed by atoms with E-state index in [9.17, 15) is 31.9 Å². The summed E-state index contributed by atoms with van der Waals surface area (Å²) in [5.74, 6) is -1.09. The van der Waals surface area contributed by atoms with E-state index in [0.29, 0.717) is 35.2 Å². The number of fused-ring (bicyclic) bond motifs is 5. The summed E-state index contributed by atoms with van der Waals surface area (Å²) >= 11 is 1.47. The average molecular weight is 633 g/mol. The molecule has 1 aromatic rings. The highest BCUT2D eigenvalue weighted by Crippen LogP contribution is 2.63. The number of carbonyl (C=O) groups excluding carboxylic acids is 1. The minimum atomic E-state index is -5.45. The molecule has 0 aliphatic heterocycles. The number of esters is 1. The number of alkyl halides is 5. The van der Waals surface area contributed by atoms with E-state index in [1.54, 1.807) is 0 Å². The predicted octanol–water partition coefficient (Wildman–Crippen LogP) is 10.2. The summed E-state index contributed by atoms with van der Waals surface area (Å²) in [4.78, 5) is 11.9. The van der Waals surface area contributed by atoms with E-state index in [1.807, 2.05) is 12.1 Å². The van der Waals surface area contributed by atoms with Crippen LogP contribution in [0.25, 0.3) is 0 Å². The average Bonchev–Trinajstić information content (AvgIpc) is 3.25. The zero-order valence-electron chi connectivity index (χ0n) is 25.7. The number of phenols is 1. The largest absolute Gasteiger partial charge is 0.508 e. The maximum absolute atomic E-state index is 12.9. The molecular weight excluding hydrogens is 583 g/mol. The van der Waals surface area contributed by atoms with E-state index >= 15 is 0 Å². The van der Waals surface area contributed by atoms with E-state index in [1.165, 1.54) is 55.5 Å². The molecule has 6 atom stereocenters. The molecule has 244 valence electrons. The number of benzene rings is 1. The minimum Gasteiger partial charge on any atom is -0.508 e. The van der Waals surface area contributed by atoms with Gasteiger partial charge >= 0.3 is 18.1 Å². The van der Waals surface area contributed by atoms with Crippen LogP contribution in [0, 0.1) is 23.2 Å². The van der Waals surface area contributed by atoms with Gasteiger partial charge in [-0.25, -0.2) is 0 Å². The fourth-order valence-electron chi connectivity index (χ4n) is 8.54. The molecule has 0 saturated heterocycles. The Morgan fingerprint density at radius 3 is 2.35 bits per heavy atom. The number of unbranched alkanes of at least 4 members (excludes halogenated alkanes) is 6. The number of thioether (sulfide) groups is 1. The normalized spacial score (nSPS) is 28.7. The third kappa shape index (κ3) is 8.40. The summed E-state index contributed by atoms with van der Waals surface area (Å²) in [6.45, 7) is 3.87. The SMILES string of the molecule is CC(=O)O[C@@H]1CC[C@@H]2[C@H]3[C@@H](CCCCCCCCCSCCCC(F)(F)C(F)(F)F)Cc4cc(O)ccc4[C@@H]3CC[C@]21C. The van der Waals surface area contributed by atoms with Gasteiger partial charge < -0.3 is 9.84 Å². The highest BCUT2D eigenvalue weighted by Gasteiger charge is 2.58. The van der Waals surface area contributed by atoms with Crippen LogP contribution in [0.4, 0.5) is 22.0 Å². The fourth-order valence-corrected chi connectivity index (χ4v) is 9.50. The first kappa shape index (κ1) is 34.4. The lowest BCUT2D eigenvalue weighted by Crippen LogP contribution is -2.48. The van der Waals surface area contributed by atoms with Crippen LogP contribution in [0.1, 0.15) is 121 Å². The Morgan fingerprint density at radius 1 is 0.977 bits per heavy atom. The maximum atomic E-state index is 12.9. The second kappa shape index (κ2) is 14.7. The van der Waals surface area contributed by atoms with Crippen LogP contribution in [0.5, 0.6) is 5.75 Å². The molecule has 43 heavy (non-hydrogen) atoms. The van der Waals surface area contributed by atoms with Gasteiger partial charge in [-0.1, -0.05) is 51.5 Å². The Morgan fingerprint density at radius 2 is 1.65 bits per heavy atom. The van der Waals surface area contributed by atoms with Crippen LogP contribution in [0.2, 0.25) is 0 Å². The molecule has 0 aromatic heterocycles. The van der Waals surface area contributed by atoms with Gasteiger partial charge in [0.15, 0.2) is 0 Å². The summed E-state index contributed by atoms with van der Waals surface area (Å²) in [6.07, 6.45) is 7.53. The molecule has 3 aliphatic rings. The van der Waals surface area contributed by atoms with Gasteiger partial charge in [0, 0.05) is 18.8 Å². The van der Waals surface area contributed by atoms with Crippen molar-refractivity contribution < 1.29 is 36.6 Å². The number of hydrogen-bond donors (Lipinski definition) is 1. The van der Waals surface area contributed by atoms with Crippen LogP contribution >= 0.6 is 11.8 Å². The number of aromatic hydroxyl groups is 1. The van der Waals surface area contributed by atoms with E-state index in [4.69, 9.17) is 4.74 Å². The van der Waals surface area contributed by atoms with Crippen LogP contribution in [-0.2, 0) is 16.0 Å². The third-order valence-electron chi connectivity index (χ3n) is 10.7. The molecule has 2 fully saturated rings. The first-order chi connectivity index (χ1) is 20.3. The van der Waals surface area contributed by atoms with Crippen LogP contribution in [0.15, 0.2) is 18.2 Å². The van der Waals surface area contributed by atoms with E-state index in [2.05, 4.69) is 13.0 Å². The van der Waals surface area contributed by atoms with Crippen molar-refractivity contribution in [3.05, 3.63) is 29.3 Å². The quantitative estimate of drug-likeness (QED) is 0.119. The Hall–Kier alpha value is -1.51. The van der Waals surface area contributed by atoms with E-state index in [-0.39, 0.29) is 23.9 Å². The highest BCUT2D eigenvalue weighted by molar-refractivity contribution is 7.99. The number of rotatable bonds is 15. The van der Waals surface area contributed by atoms with Crippen molar-refractivity contribution >= 4 is 17.7 Å². The van der Waals surface area contributed by atoms with Crippen molar-refractivity contribution in [2.24, 2.45) is 23.2 Å². The number of carbonyl (C=O) groups is 1. The Labute approximate surface area is 258 Å². The standard InChI is InChI=1S/C34H49F5O3S/c1-23(40)42-30-15-14-29-31-24(21-25-22-26(41)12-13-27(25)28(31)16-18-32(29,30)2)11-8-6-4-3-5-7-9-19-43-20-10-17-33(35,36)34(37,38)39/h12-13,22,24,28-31,41H,3-11,14-21H2,1-2H3/t24-,28-,29+,30+,31-,32+/m0/s1. The molecule has 1 aromatic carbocycles. The summed E-state index contributed by atoms with van der Waals surface area (Å²) in [7, 11) is 0. The first-order valence-corrected chi connectivity index (χ1v) is 17.5. The lowest BCUT2D eigenvalue weighted by Gasteiger charge is -2.53. The lowest BCUT2D eigenvalue weighted by molar-refractivity contribution is -0.284. The van der Waals surface area contributed by atoms with Crippen molar-refractivity contribution in [1.82, 2.24) is 0 Å². The lowest BCUT2D eigenvalue weighted by atomic mass is 9.52. The van der Waals surface area contributed by atoms with Crippen LogP contribution in [0.3, 0.4) is 0 Å². The number of halogens is 5. The summed E-state index contributed by atoms with van der Waals surface area (Å²) in [5.41, 5.74) is 2.75. The molecule has 2 saturated carbocycles. The highest BCUT2D eigenvalue weighted by atomic mass is 32.2. The second-order valence-corrected chi connectivity index (χ2v) is 14.8. The number of phenolic OH excluding ortho intramolecular Hbond substituents is 1. The predicted molar refractivity (Wildman–Crippen MR) is 162 cm³/mol. The molecule has 4 rings (SSSR count). The van der Waals surface area contributed by atoms with Gasteiger partial charge in [0.2, 0.25) is 0 Å². The smallest absolute Gasteiger partial charge is 0.453 e. The van der Waals surface area contributed by atoms with Crippen molar-refractivity contribution in [2.45, 2.75) is 134 Å². The molecule has 0 heterocycles. The Kier molecular flexibility index (Phi) is 11.8. The van der Waals surface area contributed by atoms with E-state index < -0.39 is 18.5 Å². The van der Waals surface area contributed by atoms with Gasteiger partial charge in [-0.3, -0.25) is 4.79 Å². The summed E-state index contributed by atoms with van der Waals surface area (Å²) < 4.78 is 68.4. The Balaban J connectivity index is 1.18. The van der Waals surface area contributed by atoms with Crippen molar-refractivity contribution in [3.63, 3.8) is 0 Å². The molecule has 0 bridgehead atoms. The van der Waals surface area contributed by atoms with E-state index in [0.717, 1.165) is 63.5 Å². The van der Waals surface area contributed by atoms with Crippen LogP contribution in [-0.4, -0.2) is 40.8 Å². The molecule has 0 unspecified atom stereocenters. The fraction of sp³-hybridized carbons (Fsp3) is 0.794. The van der Waals surface area contributed by atoms with Crippen LogP contribution < -0.4 is 0 Å². The van der Waals surface area contributed by atoms with Crippen molar-refractivity contribution in [2.75, 3.05) is 11.5 Å².